The van der Waals surface area contributed by atoms with E-state index < -0.39 is 11.6 Å². The van der Waals surface area contributed by atoms with Crippen molar-refractivity contribution in [3.8, 4) is 22.8 Å². The summed E-state index contributed by atoms with van der Waals surface area (Å²) in [6.45, 7) is 2.56. The number of unbranched alkanes of at least 4 members (excludes halogenated alkanes) is 1. The Kier molecular flexibility index (Phi) is 4.60. The topological polar surface area (TPSA) is 108 Å². The second-order valence-electron chi connectivity index (χ2n) is 6.49. The molecule has 0 fully saturated rings. The lowest BCUT2D eigenvalue weighted by molar-refractivity contribution is 0.174. The number of hydrogen-bond donors (Lipinski definition) is 2. The maximum atomic E-state index is 13.0. The molecule has 1 aromatic heterocycles. The zero-order valence-electron chi connectivity index (χ0n) is 15.4. The van der Waals surface area contributed by atoms with Crippen LogP contribution in [0.2, 0.25) is 0 Å². The van der Waals surface area contributed by atoms with Gasteiger partial charge in [0.05, 0.1) is 5.39 Å². The minimum absolute atomic E-state index is 0.0770. The maximum absolute atomic E-state index is 13.0. The van der Waals surface area contributed by atoms with Crippen molar-refractivity contribution in [1.82, 2.24) is 15.1 Å². The first kappa shape index (κ1) is 17.8. The normalized spacial score (nSPS) is 12.3. The predicted molar refractivity (Wildman–Crippen MR) is 106 cm³/mol. The summed E-state index contributed by atoms with van der Waals surface area (Å²) in [5.41, 5.74) is 7.15. The van der Waals surface area contributed by atoms with Gasteiger partial charge in [-0.15, -0.1) is 4.68 Å². The predicted octanol–water partition coefficient (Wildman–Crippen LogP) is 2.73. The Morgan fingerprint density at radius 2 is 1.93 bits per heavy atom. The number of nitrogens with zero attached hydrogens (tertiary/aromatic N) is 2. The van der Waals surface area contributed by atoms with Crippen LogP contribution in [-0.4, -0.2) is 29.1 Å². The summed E-state index contributed by atoms with van der Waals surface area (Å²) < 4.78 is 11.7. The van der Waals surface area contributed by atoms with Crippen LogP contribution in [0.1, 0.15) is 19.8 Å². The van der Waals surface area contributed by atoms with Gasteiger partial charge in [0, 0.05) is 23.2 Å². The molecule has 0 spiro atoms. The van der Waals surface area contributed by atoms with Crippen LogP contribution >= 0.6 is 0 Å². The number of nitrogens with one attached hydrogen (secondary N) is 1. The molecule has 8 nitrogen and oxygen atoms in total. The number of carbonyl (C=O) groups is 1. The Morgan fingerprint density at radius 3 is 2.64 bits per heavy atom. The van der Waals surface area contributed by atoms with Gasteiger partial charge in [-0.3, -0.25) is 4.79 Å². The molecule has 28 heavy (non-hydrogen) atoms. The monoisotopic (exact) mass is 380 g/mol. The van der Waals surface area contributed by atoms with Gasteiger partial charge < -0.3 is 20.5 Å². The van der Waals surface area contributed by atoms with E-state index in [1.807, 2.05) is 19.1 Å². The van der Waals surface area contributed by atoms with Crippen LogP contribution in [0.25, 0.3) is 22.0 Å². The third-order valence-electron chi connectivity index (χ3n) is 4.61. The van der Waals surface area contributed by atoms with Crippen LogP contribution in [-0.2, 0) is 0 Å². The van der Waals surface area contributed by atoms with Gasteiger partial charge in [0.15, 0.2) is 11.5 Å². The molecule has 2 heterocycles. The molecule has 3 aromatic rings. The number of carbonyl (C=O) groups excluding carboxylic acids is 1. The fourth-order valence-corrected chi connectivity index (χ4v) is 3.12. The zero-order valence-corrected chi connectivity index (χ0v) is 15.4. The van der Waals surface area contributed by atoms with Gasteiger partial charge in [-0.25, -0.2) is 4.79 Å². The largest absolute Gasteiger partial charge is 0.454 e. The van der Waals surface area contributed by atoms with Gasteiger partial charge in [0.1, 0.15) is 5.69 Å². The van der Waals surface area contributed by atoms with Gasteiger partial charge in [0.2, 0.25) is 6.79 Å². The van der Waals surface area contributed by atoms with Crippen molar-refractivity contribution < 1.29 is 14.3 Å². The Balaban J connectivity index is 1.95. The quantitative estimate of drug-likeness (QED) is 0.532. The van der Waals surface area contributed by atoms with E-state index in [4.69, 9.17) is 15.2 Å². The van der Waals surface area contributed by atoms with Crippen LogP contribution in [0.3, 0.4) is 0 Å². The number of rotatable bonds is 4. The standard InChI is InChI=1S/C20H20N4O4/c1-2-3-8-22-20(26)24-19(25)14-10-17-16(27-11-28-17)9-13(14)18(23-24)12-6-4-5-7-15(12)21/h4-7,9-10H,2-3,8,11,21H2,1H3,(H,22,26). The number of nitrogens with two attached hydrogens (primary N) is 1. The maximum Gasteiger partial charge on any atom is 0.345 e. The first-order valence-corrected chi connectivity index (χ1v) is 9.10. The SMILES string of the molecule is CCCCNC(=O)n1nc(-c2ccccc2N)c2cc3c(cc2c1=O)OCO3. The van der Waals surface area contributed by atoms with E-state index in [-0.39, 0.29) is 6.79 Å². The Labute approximate surface area is 160 Å². The van der Waals surface area contributed by atoms with Crippen molar-refractivity contribution in [2.75, 3.05) is 19.1 Å². The fraction of sp³-hybridized carbons (Fsp3) is 0.250. The number of amides is 1. The van der Waals surface area contributed by atoms with E-state index in [0.717, 1.165) is 17.5 Å². The minimum Gasteiger partial charge on any atom is -0.454 e. The van der Waals surface area contributed by atoms with E-state index in [1.165, 1.54) is 0 Å². The number of hydrogen-bond acceptors (Lipinski definition) is 6. The van der Waals surface area contributed by atoms with Crippen molar-refractivity contribution in [1.29, 1.82) is 0 Å². The highest BCUT2D eigenvalue weighted by molar-refractivity contribution is 5.99. The summed E-state index contributed by atoms with van der Waals surface area (Å²) in [5.74, 6) is 0.982. The molecule has 0 saturated carbocycles. The van der Waals surface area contributed by atoms with Crippen molar-refractivity contribution in [3.63, 3.8) is 0 Å². The molecule has 1 amide bonds. The smallest absolute Gasteiger partial charge is 0.345 e. The van der Waals surface area contributed by atoms with E-state index >= 15 is 0 Å². The summed E-state index contributed by atoms with van der Waals surface area (Å²) in [6, 6.07) is 9.88. The summed E-state index contributed by atoms with van der Waals surface area (Å²) in [4.78, 5) is 25.6. The van der Waals surface area contributed by atoms with Crippen molar-refractivity contribution in [2.45, 2.75) is 19.8 Å². The lowest BCUT2D eigenvalue weighted by Crippen LogP contribution is -2.38. The van der Waals surface area contributed by atoms with Crippen LogP contribution in [0, 0.1) is 0 Å². The third-order valence-corrected chi connectivity index (χ3v) is 4.61. The summed E-state index contributed by atoms with van der Waals surface area (Å²) in [7, 11) is 0. The van der Waals surface area contributed by atoms with Gasteiger partial charge in [0.25, 0.3) is 5.56 Å². The van der Waals surface area contributed by atoms with E-state index in [9.17, 15) is 9.59 Å². The van der Waals surface area contributed by atoms with Gasteiger partial charge in [-0.1, -0.05) is 31.5 Å². The van der Waals surface area contributed by atoms with Crippen LogP contribution < -0.4 is 26.1 Å². The average Bonchev–Trinajstić information content (AvgIpc) is 3.15. The first-order valence-electron chi connectivity index (χ1n) is 9.10. The molecule has 0 saturated heterocycles. The van der Waals surface area contributed by atoms with Gasteiger partial charge in [-0.2, -0.15) is 5.10 Å². The molecule has 0 radical (unpaired) electrons. The van der Waals surface area contributed by atoms with E-state index in [2.05, 4.69) is 10.4 Å². The summed E-state index contributed by atoms with van der Waals surface area (Å²) >= 11 is 0. The highest BCUT2D eigenvalue weighted by Crippen LogP contribution is 2.38. The molecule has 3 N–H and O–H groups in total. The molecule has 0 aliphatic carbocycles. The molecule has 8 heteroatoms. The lowest BCUT2D eigenvalue weighted by Gasteiger charge is -2.13. The number of fused-ring (bicyclic) bond motifs is 2. The van der Waals surface area contributed by atoms with Gasteiger partial charge in [-0.05, 0) is 24.6 Å². The number of benzene rings is 2. The Bertz CT molecular complexity index is 1120. The number of para-hydroxylation sites is 1. The number of nitrogen functional groups attached to an aromatic ring is 1. The Hall–Kier alpha value is -3.55. The van der Waals surface area contributed by atoms with Crippen LogP contribution in [0.5, 0.6) is 11.5 Å². The lowest BCUT2D eigenvalue weighted by atomic mass is 10.0. The van der Waals surface area contributed by atoms with E-state index in [0.29, 0.717) is 45.8 Å². The highest BCUT2D eigenvalue weighted by Gasteiger charge is 2.22. The summed E-state index contributed by atoms with van der Waals surface area (Å²) in [5, 5.41) is 7.93. The molecule has 0 bridgehead atoms. The molecule has 1 aliphatic rings. The van der Waals surface area contributed by atoms with Crippen LogP contribution in [0.4, 0.5) is 10.5 Å². The van der Waals surface area contributed by atoms with Crippen molar-refractivity contribution >= 4 is 22.5 Å². The molecular formula is C20H20N4O4. The molecule has 0 unspecified atom stereocenters. The zero-order chi connectivity index (χ0) is 19.7. The fourth-order valence-electron chi connectivity index (χ4n) is 3.12. The number of ether oxygens (including phenoxy) is 2. The highest BCUT2D eigenvalue weighted by atomic mass is 16.7. The van der Waals surface area contributed by atoms with Crippen molar-refractivity contribution in [3.05, 3.63) is 46.8 Å². The molecule has 4 rings (SSSR count). The number of anilines is 1. The van der Waals surface area contributed by atoms with E-state index in [1.54, 1.807) is 24.3 Å². The summed E-state index contributed by atoms with van der Waals surface area (Å²) in [6.07, 6.45) is 1.74. The second-order valence-corrected chi connectivity index (χ2v) is 6.49. The molecule has 2 aromatic carbocycles. The number of aromatic nitrogens is 2. The average molecular weight is 380 g/mol. The molecule has 1 aliphatic heterocycles. The second kappa shape index (κ2) is 7.22. The molecule has 144 valence electrons. The molecule has 0 atom stereocenters. The van der Waals surface area contributed by atoms with Crippen molar-refractivity contribution in [2.24, 2.45) is 0 Å². The molecular weight excluding hydrogens is 360 g/mol. The Morgan fingerprint density at radius 1 is 1.21 bits per heavy atom. The first-order chi connectivity index (χ1) is 13.6. The van der Waals surface area contributed by atoms with Gasteiger partial charge >= 0.3 is 6.03 Å². The minimum atomic E-state index is -0.575. The third kappa shape index (κ3) is 3.02. The van der Waals surface area contributed by atoms with Crippen LogP contribution in [0.15, 0.2) is 41.2 Å².